The van der Waals surface area contributed by atoms with E-state index < -0.39 is 12.1 Å². The van der Waals surface area contributed by atoms with Crippen molar-refractivity contribution >= 4 is 5.97 Å². The number of carbonyl (C=O) groups is 1. The Morgan fingerprint density at radius 1 is 1.18 bits per heavy atom. The summed E-state index contributed by atoms with van der Waals surface area (Å²) < 4.78 is 10.3. The summed E-state index contributed by atoms with van der Waals surface area (Å²) in [6.07, 6.45) is -1.27. The highest BCUT2D eigenvalue weighted by Gasteiger charge is 2.17. The zero-order valence-corrected chi connectivity index (χ0v) is 13.0. The molecule has 0 aliphatic carbocycles. The summed E-state index contributed by atoms with van der Waals surface area (Å²) in [6, 6.07) is 13.1. The fourth-order valence-electron chi connectivity index (χ4n) is 2.22. The predicted molar refractivity (Wildman–Crippen MR) is 83.7 cm³/mol. The van der Waals surface area contributed by atoms with Crippen molar-refractivity contribution < 1.29 is 19.4 Å². The average Bonchev–Trinajstić information content (AvgIpc) is 2.53. The van der Waals surface area contributed by atoms with Crippen molar-refractivity contribution in [1.82, 2.24) is 0 Å². The maximum atomic E-state index is 11.4. The van der Waals surface area contributed by atoms with Crippen LogP contribution in [0.4, 0.5) is 0 Å². The molecule has 4 nitrogen and oxygen atoms in total. The average molecular weight is 300 g/mol. The summed E-state index contributed by atoms with van der Waals surface area (Å²) in [4.78, 5) is 11.4. The first-order valence-electron chi connectivity index (χ1n) is 7.06. The van der Waals surface area contributed by atoms with Gasteiger partial charge in [-0.15, -0.1) is 0 Å². The molecular formula is C18H20O4. The van der Waals surface area contributed by atoms with Crippen LogP contribution >= 0.6 is 0 Å². The van der Waals surface area contributed by atoms with Gasteiger partial charge < -0.3 is 14.6 Å². The number of aryl methyl sites for hydroxylation is 2. The van der Waals surface area contributed by atoms with Gasteiger partial charge in [-0.2, -0.15) is 0 Å². The number of aliphatic hydroxyl groups excluding tert-OH is 1. The van der Waals surface area contributed by atoms with E-state index in [4.69, 9.17) is 4.74 Å². The first kappa shape index (κ1) is 16.0. The highest BCUT2D eigenvalue weighted by atomic mass is 16.5. The quantitative estimate of drug-likeness (QED) is 0.862. The van der Waals surface area contributed by atoms with E-state index in [1.54, 1.807) is 18.2 Å². The number of carbonyl (C=O) groups excluding carboxylic acids is 1. The van der Waals surface area contributed by atoms with Crippen LogP contribution in [0.1, 0.15) is 28.4 Å². The van der Waals surface area contributed by atoms with E-state index in [1.165, 1.54) is 12.7 Å². The van der Waals surface area contributed by atoms with Crippen molar-refractivity contribution in [1.29, 1.82) is 0 Å². The number of rotatable bonds is 5. The Morgan fingerprint density at radius 3 is 2.64 bits per heavy atom. The summed E-state index contributed by atoms with van der Waals surface area (Å²) in [5.41, 5.74) is 3.63. The lowest BCUT2D eigenvalue weighted by Crippen LogP contribution is -2.13. The molecule has 0 aliphatic heterocycles. The van der Waals surface area contributed by atoms with Gasteiger partial charge in [-0.1, -0.05) is 35.9 Å². The molecule has 1 atom stereocenters. The van der Waals surface area contributed by atoms with E-state index in [9.17, 15) is 9.90 Å². The molecule has 0 radical (unpaired) electrons. The molecule has 0 fully saturated rings. The van der Waals surface area contributed by atoms with Gasteiger partial charge in [0.2, 0.25) is 0 Å². The molecule has 0 amide bonds. The Kier molecular flexibility index (Phi) is 5.17. The fraction of sp³-hybridized carbons (Fsp3) is 0.278. The minimum absolute atomic E-state index is 0.367. The van der Waals surface area contributed by atoms with Crippen LogP contribution in [0.3, 0.4) is 0 Å². The topological polar surface area (TPSA) is 55.8 Å². The smallest absolute Gasteiger partial charge is 0.339 e. The van der Waals surface area contributed by atoms with Crippen LogP contribution in [0.15, 0.2) is 42.5 Å². The first-order chi connectivity index (χ1) is 10.5. The van der Waals surface area contributed by atoms with Crippen molar-refractivity contribution in [3.05, 3.63) is 64.7 Å². The second-order valence-electron chi connectivity index (χ2n) is 5.23. The number of esters is 1. The summed E-state index contributed by atoms with van der Waals surface area (Å²) in [5.74, 6) is 0.150. The van der Waals surface area contributed by atoms with Crippen LogP contribution in [0.2, 0.25) is 0 Å². The van der Waals surface area contributed by atoms with Gasteiger partial charge in [0, 0.05) is 0 Å². The molecule has 4 heteroatoms. The lowest BCUT2D eigenvalue weighted by Gasteiger charge is -2.12. The minimum Gasteiger partial charge on any atom is -0.489 e. The molecule has 0 saturated carbocycles. The van der Waals surface area contributed by atoms with E-state index in [0.29, 0.717) is 12.2 Å². The predicted octanol–water partition coefficient (Wildman–Crippen LogP) is 3.09. The highest BCUT2D eigenvalue weighted by Crippen LogP contribution is 2.21. The minimum atomic E-state index is -1.27. The van der Waals surface area contributed by atoms with Gasteiger partial charge in [-0.25, -0.2) is 4.79 Å². The summed E-state index contributed by atoms with van der Waals surface area (Å²) in [5, 5.41) is 9.86. The SMILES string of the molecule is COC(=O)C(O)c1cccc(COc2ccc(C)cc2C)c1. The normalized spacial score (nSPS) is 11.8. The molecular weight excluding hydrogens is 280 g/mol. The standard InChI is InChI=1S/C18H20O4/c1-12-7-8-16(13(2)9-12)22-11-14-5-4-6-15(10-14)17(19)18(20)21-3/h4-10,17,19H,11H2,1-3H3. The van der Waals surface area contributed by atoms with Gasteiger partial charge in [-0.05, 0) is 42.7 Å². The second-order valence-corrected chi connectivity index (χ2v) is 5.23. The molecule has 0 heterocycles. The Hall–Kier alpha value is -2.33. The van der Waals surface area contributed by atoms with Crippen molar-refractivity contribution in [3.63, 3.8) is 0 Å². The molecule has 2 aromatic carbocycles. The Morgan fingerprint density at radius 2 is 1.95 bits per heavy atom. The number of hydrogen-bond acceptors (Lipinski definition) is 4. The number of hydrogen-bond donors (Lipinski definition) is 1. The van der Waals surface area contributed by atoms with Crippen LogP contribution in [-0.4, -0.2) is 18.2 Å². The number of ether oxygens (including phenoxy) is 2. The van der Waals surface area contributed by atoms with Crippen molar-refractivity contribution in [2.75, 3.05) is 7.11 Å². The zero-order valence-electron chi connectivity index (χ0n) is 13.0. The number of aliphatic hydroxyl groups is 1. The molecule has 0 bridgehead atoms. The summed E-state index contributed by atoms with van der Waals surface area (Å²) >= 11 is 0. The lowest BCUT2D eigenvalue weighted by atomic mass is 10.1. The molecule has 1 unspecified atom stereocenters. The lowest BCUT2D eigenvalue weighted by molar-refractivity contribution is -0.150. The number of benzene rings is 2. The molecule has 22 heavy (non-hydrogen) atoms. The van der Waals surface area contributed by atoms with Crippen LogP contribution in [0.25, 0.3) is 0 Å². The Bertz CT molecular complexity index is 664. The van der Waals surface area contributed by atoms with Gasteiger partial charge in [0.05, 0.1) is 7.11 Å². The van der Waals surface area contributed by atoms with Gasteiger partial charge >= 0.3 is 5.97 Å². The molecule has 0 spiro atoms. The molecule has 0 aromatic heterocycles. The summed E-state index contributed by atoms with van der Waals surface area (Å²) in [7, 11) is 1.25. The molecule has 2 rings (SSSR count). The van der Waals surface area contributed by atoms with E-state index in [1.807, 2.05) is 32.0 Å². The zero-order chi connectivity index (χ0) is 16.1. The third kappa shape index (κ3) is 3.86. The molecule has 0 aliphatic rings. The largest absolute Gasteiger partial charge is 0.489 e. The molecule has 0 saturated heterocycles. The van der Waals surface area contributed by atoms with Crippen LogP contribution in [0.5, 0.6) is 5.75 Å². The van der Waals surface area contributed by atoms with Gasteiger partial charge in [-0.3, -0.25) is 0 Å². The molecule has 2 aromatic rings. The van der Waals surface area contributed by atoms with Crippen molar-refractivity contribution in [2.45, 2.75) is 26.6 Å². The second kappa shape index (κ2) is 7.09. The van der Waals surface area contributed by atoms with Gasteiger partial charge in [0.25, 0.3) is 0 Å². The van der Waals surface area contributed by atoms with Crippen LogP contribution in [0, 0.1) is 13.8 Å². The van der Waals surface area contributed by atoms with Crippen LogP contribution in [-0.2, 0) is 16.1 Å². The fourth-order valence-corrected chi connectivity index (χ4v) is 2.22. The highest BCUT2D eigenvalue weighted by molar-refractivity contribution is 5.76. The number of methoxy groups -OCH3 is 1. The maximum absolute atomic E-state index is 11.4. The van der Waals surface area contributed by atoms with Crippen molar-refractivity contribution in [3.8, 4) is 5.75 Å². The molecule has 1 N–H and O–H groups in total. The Balaban J connectivity index is 2.09. The first-order valence-corrected chi connectivity index (χ1v) is 7.06. The van der Waals surface area contributed by atoms with E-state index in [-0.39, 0.29) is 0 Å². The van der Waals surface area contributed by atoms with Gasteiger partial charge in [0.1, 0.15) is 12.4 Å². The third-order valence-corrected chi connectivity index (χ3v) is 3.42. The Labute approximate surface area is 130 Å². The van der Waals surface area contributed by atoms with Gasteiger partial charge in [0.15, 0.2) is 6.10 Å². The van der Waals surface area contributed by atoms with E-state index in [0.717, 1.165) is 16.9 Å². The third-order valence-electron chi connectivity index (χ3n) is 3.42. The van der Waals surface area contributed by atoms with Crippen LogP contribution < -0.4 is 4.74 Å². The monoisotopic (exact) mass is 300 g/mol. The van der Waals surface area contributed by atoms with Crippen molar-refractivity contribution in [2.24, 2.45) is 0 Å². The maximum Gasteiger partial charge on any atom is 0.339 e. The summed E-state index contributed by atoms with van der Waals surface area (Å²) in [6.45, 7) is 4.40. The molecule has 116 valence electrons. The van der Waals surface area contributed by atoms with E-state index in [2.05, 4.69) is 10.8 Å². The van der Waals surface area contributed by atoms with E-state index >= 15 is 0 Å².